The summed E-state index contributed by atoms with van der Waals surface area (Å²) < 4.78 is 18.6. The Morgan fingerprint density at radius 1 is 1.07 bits per heavy atom. The van der Waals surface area contributed by atoms with Crippen molar-refractivity contribution in [2.24, 2.45) is 9.50 Å². The molecule has 3 heterocycles. The number of rotatable bonds is 5. The van der Waals surface area contributed by atoms with Crippen molar-refractivity contribution in [3.63, 3.8) is 0 Å². The number of aryl methyl sites for hydroxylation is 1. The van der Waals surface area contributed by atoms with Gasteiger partial charge in [0, 0.05) is 29.4 Å². The van der Waals surface area contributed by atoms with E-state index in [1.807, 2.05) is 6.07 Å². The Hall–Kier alpha value is -3.90. The largest absolute Gasteiger partial charge is 0.354 e. The molecule has 1 unspecified atom stereocenters. The van der Waals surface area contributed by atoms with E-state index in [1.165, 1.54) is 21.8 Å². The zero-order valence-corrected chi connectivity index (χ0v) is 25.1. The van der Waals surface area contributed by atoms with Gasteiger partial charge in [-0.15, -0.1) is 4.36 Å². The minimum absolute atomic E-state index is 0.0639. The predicted molar refractivity (Wildman–Crippen MR) is 157 cm³/mol. The average molecular weight is 590 g/mol. The molecule has 0 fully saturated rings. The first-order valence-corrected chi connectivity index (χ1v) is 15.8. The number of benzene rings is 1. The third-order valence-electron chi connectivity index (χ3n) is 8.74. The van der Waals surface area contributed by atoms with Crippen molar-refractivity contribution in [1.29, 1.82) is 0 Å². The number of hydrogen-bond acceptors (Lipinski definition) is 6. The molecule has 3 aliphatic rings. The number of nitrogens with zero attached hydrogens (tertiary/aromatic N) is 5. The summed E-state index contributed by atoms with van der Waals surface area (Å²) in [5.74, 6) is -0.667. The van der Waals surface area contributed by atoms with Crippen molar-refractivity contribution in [2.75, 3.05) is 11.9 Å². The summed E-state index contributed by atoms with van der Waals surface area (Å²) in [6, 6.07) is 7.74. The maximum Gasteiger partial charge on any atom is 0.354 e. The van der Waals surface area contributed by atoms with Gasteiger partial charge >= 0.3 is 6.03 Å². The topological polar surface area (TPSA) is 153 Å². The molecular formula is C30H35N7O4S. The van der Waals surface area contributed by atoms with Crippen LogP contribution in [0.2, 0.25) is 0 Å². The molecule has 11 nitrogen and oxygen atoms in total. The van der Waals surface area contributed by atoms with E-state index in [2.05, 4.69) is 28.6 Å². The summed E-state index contributed by atoms with van der Waals surface area (Å²) >= 11 is 0. The second kappa shape index (κ2) is 9.84. The van der Waals surface area contributed by atoms with Gasteiger partial charge in [-0.05, 0) is 74.8 Å². The number of hydrogen-bond donors (Lipinski definition) is 2. The summed E-state index contributed by atoms with van der Waals surface area (Å²) in [6.45, 7) is 8.12. The molecular weight excluding hydrogens is 554 g/mol. The first-order chi connectivity index (χ1) is 19.8. The highest BCUT2D eigenvalue weighted by molar-refractivity contribution is 7.91. The standard InChI is InChI=1S/C30H35N7O4S/c1-29(2)14-12-20-24(19-9-7-11-22(19)32-25(20)29)33-28(40)35-42(31,41)23-13-15-36(34-23)16-17-37-26(38)18-8-5-6-10-21(18)30(3,4)27(37)39/h5-6,8,10,13,15H,7,9,11-12,14,16-17H2,1-4H3,(H3,31,32,33,35,40,41). The Labute approximate surface area is 245 Å². The smallest absolute Gasteiger partial charge is 0.305 e. The molecule has 6 rings (SSSR count). The second-order valence-electron chi connectivity index (χ2n) is 12.4. The fraction of sp³-hybridized carbons (Fsp3) is 0.433. The fourth-order valence-electron chi connectivity index (χ4n) is 6.37. The minimum Gasteiger partial charge on any atom is -0.305 e. The lowest BCUT2D eigenvalue weighted by Gasteiger charge is -2.37. The number of imide groups is 1. The summed E-state index contributed by atoms with van der Waals surface area (Å²) in [6.07, 6.45) is 5.92. The van der Waals surface area contributed by atoms with Crippen LogP contribution in [-0.2, 0) is 51.3 Å². The average Bonchev–Trinajstić information content (AvgIpc) is 3.67. The lowest BCUT2D eigenvalue weighted by molar-refractivity contribution is -0.134. The third kappa shape index (κ3) is 4.62. The molecule has 1 atom stereocenters. The van der Waals surface area contributed by atoms with Gasteiger partial charge in [0.2, 0.25) is 5.91 Å². The Kier molecular flexibility index (Phi) is 6.61. The maximum absolute atomic E-state index is 13.3. The van der Waals surface area contributed by atoms with E-state index in [1.54, 1.807) is 32.0 Å². The van der Waals surface area contributed by atoms with Gasteiger partial charge in [0.1, 0.15) is 0 Å². The third-order valence-corrected chi connectivity index (χ3v) is 9.99. The van der Waals surface area contributed by atoms with E-state index in [0.717, 1.165) is 60.3 Å². The molecule has 2 aliphatic carbocycles. The Balaban J connectivity index is 1.19. The van der Waals surface area contributed by atoms with Crippen molar-refractivity contribution in [3.8, 4) is 0 Å². The lowest BCUT2D eigenvalue weighted by atomic mass is 9.77. The summed E-state index contributed by atoms with van der Waals surface area (Å²) in [5, 5.41) is 13.1. The zero-order chi connectivity index (χ0) is 30.0. The van der Waals surface area contributed by atoms with Crippen molar-refractivity contribution in [1.82, 2.24) is 19.7 Å². The highest BCUT2D eigenvalue weighted by Crippen LogP contribution is 2.44. The van der Waals surface area contributed by atoms with E-state index in [9.17, 15) is 18.6 Å². The molecule has 3 N–H and O–H groups in total. The van der Waals surface area contributed by atoms with Crippen LogP contribution < -0.4 is 10.5 Å². The fourth-order valence-corrected chi connectivity index (χ4v) is 7.23. The molecule has 12 heteroatoms. The number of fused-ring (bicyclic) bond motifs is 3. The quantitative estimate of drug-likeness (QED) is 0.431. The van der Waals surface area contributed by atoms with Gasteiger partial charge in [-0.3, -0.25) is 24.2 Å². The van der Waals surface area contributed by atoms with Gasteiger partial charge in [-0.2, -0.15) is 5.10 Å². The Bertz CT molecular complexity index is 1780. The van der Waals surface area contributed by atoms with Crippen LogP contribution in [0.1, 0.15) is 79.0 Å². The number of nitrogens with one attached hydrogen (secondary N) is 1. The van der Waals surface area contributed by atoms with Gasteiger partial charge < -0.3 is 5.32 Å². The van der Waals surface area contributed by atoms with E-state index in [0.29, 0.717) is 11.1 Å². The van der Waals surface area contributed by atoms with Crippen LogP contribution in [0.4, 0.5) is 10.5 Å². The normalized spacial score (nSPS) is 19.6. The van der Waals surface area contributed by atoms with E-state index < -0.39 is 21.4 Å². The highest BCUT2D eigenvalue weighted by Gasteiger charge is 2.44. The number of aromatic nitrogens is 3. The van der Waals surface area contributed by atoms with Crippen molar-refractivity contribution >= 4 is 33.4 Å². The first-order valence-electron chi connectivity index (χ1n) is 14.2. The molecule has 0 bridgehead atoms. The number of carbonyl (C=O) groups is 3. The van der Waals surface area contributed by atoms with Gasteiger partial charge in [-0.25, -0.2) is 14.1 Å². The molecule has 2 aromatic heterocycles. The van der Waals surface area contributed by atoms with Crippen molar-refractivity contribution < 1.29 is 18.6 Å². The summed E-state index contributed by atoms with van der Waals surface area (Å²) in [5.41, 5.74) is 5.03. The molecule has 3 aromatic rings. The van der Waals surface area contributed by atoms with Crippen LogP contribution in [-0.4, -0.2) is 48.3 Å². The van der Waals surface area contributed by atoms with Crippen molar-refractivity contribution in [2.45, 2.75) is 82.2 Å². The lowest BCUT2D eigenvalue weighted by Crippen LogP contribution is -2.52. The molecule has 0 radical (unpaired) electrons. The van der Waals surface area contributed by atoms with E-state index in [4.69, 9.17) is 10.1 Å². The number of anilines is 1. The van der Waals surface area contributed by atoms with E-state index >= 15 is 0 Å². The minimum atomic E-state index is -3.67. The first kappa shape index (κ1) is 28.2. The van der Waals surface area contributed by atoms with Gasteiger partial charge in [0.25, 0.3) is 5.91 Å². The monoisotopic (exact) mass is 589 g/mol. The molecule has 220 valence electrons. The molecule has 0 saturated carbocycles. The molecule has 1 aromatic carbocycles. The number of carbonyl (C=O) groups excluding carboxylic acids is 3. The molecule has 0 saturated heterocycles. The number of urea groups is 1. The molecule has 4 amide bonds. The Morgan fingerprint density at radius 3 is 2.62 bits per heavy atom. The number of pyridine rings is 1. The van der Waals surface area contributed by atoms with Crippen molar-refractivity contribution in [3.05, 3.63) is 70.2 Å². The van der Waals surface area contributed by atoms with Gasteiger partial charge in [-0.1, -0.05) is 32.0 Å². The van der Waals surface area contributed by atoms with Crippen LogP contribution in [0.15, 0.2) is 45.9 Å². The van der Waals surface area contributed by atoms with E-state index in [-0.39, 0.29) is 35.3 Å². The predicted octanol–water partition coefficient (Wildman–Crippen LogP) is 3.88. The summed E-state index contributed by atoms with van der Waals surface area (Å²) in [7, 11) is -3.67. The van der Waals surface area contributed by atoms with Gasteiger partial charge in [0.05, 0.1) is 23.3 Å². The molecule has 1 aliphatic heterocycles. The van der Waals surface area contributed by atoms with Crippen LogP contribution in [0, 0.1) is 0 Å². The van der Waals surface area contributed by atoms with Gasteiger partial charge in [0.15, 0.2) is 14.9 Å². The Morgan fingerprint density at radius 2 is 1.83 bits per heavy atom. The van der Waals surface area contributed by atoms with Crippen LogP contribution in [0.25, 0.3) is 0 Å². The number of amides is 4. The number of nitrogens with two attached hydrogens (primary N) is 1. The van der Waals surface area contributed by atoms with Crippen LogP contribution >= 0.6 is 0 Å². The zero-order valence-electron chi connectivity index (χ0n) is 24.3. The molecule has 0 spiro atoms. The van der Waals surface area contributed by atoms with Crippen LogP contribution in [0.3, 0.4) is 0 Å². The SMILES string of the molecule is CC1(C)CCc2c1nc1c(c2NC(=O)N=S(N)(=O)c2ccn(CCN3C(=O)c4ccccc4C(C)(C)C3=O)n2)CCC1. The second-order valence-corrected chi connectivity index (χ2v) is 14.2. The summed E-state index contributed by atoms with van der Waals surface area (Å²) in [4.78, 5) is 45.5. The van der Waals surface area contributed by atoms with Crippen LogP contribution in [0.5, 0.6) is 0 Å². The highest BCUT2D eigenvalue weighted by atomic mass is 32.2. The molecule has 42 heavy (non-hydrogen) atoms. The maximum atomic E-state index is 13.3.